The molecule has 0 aliphatic rings. The molecule has 0 radical (unpaired) electrons. The van der Waals surface area contributed by atoms with Crippen molar-refractivity contribution in [2.75, 3.05) is 20.8 Å². The number of hydrogen-bond acceptors (Lipinski definition) is 4. The zero-order valence-electron chi connectivity index (χ0n) is 18.8. The summed E-state index contributed by atoms with van der Waals surface area (Å²) in [7, 11) is 3.25. The van der Waals surface area contributed by atoms with Gasteiger partial charge in [-0.15, -0.1) is 0 Å². The van der Waals surface area contributed by atoms with Crippen molar-refractivity contribution in [1.29, 1.82) is 0 Å². The lowest BCUT2D eigenvalue weighted by atomic mass is 9.95. The van der Waals surface area contributed by atoms with Gasteiger partial charge in [0.1, 0.15) is 6.61 Å². The van der Waals surface area contributed by atoms with Crippen LogP contribution in [0.3, 0.4) is 0 Å². The van der Waals surface area contributed by atoms with Crippen LogP contribution < -0.4 is 14.8 Å². The number of fused-ring (bicyclic) bond motifs is 1. The first-order chi connectivity index (χ1) is 16.2. The summed E-state index contributed by atoms with van der Waals surface area (Å²) in [6.07, 6.45) is 0.176. The molecule has 0 unspecified atom stereocenters. The van der Waals surface area contributed by atoms with Crippen molar-refractivity contribution in [3.8, 4) is 22.6 Å². The van der Waals surface area contributed by atoms with Crippen molar-refractivity contribution < 1.29 is 19.0 Å². The first-order valence-corrected chi connectivity index (χ1v) is 10.9. The second-order valence-corrected chi connectivity index (χ2v) is 7.66. The third-order valence-corrected chi connectivity index (χ3v) is 5.55. The van der Waals surface area contributed by atoms with E-state index in [4.69, 9.17) is 14.2 Å². The molecule has 0 aliphatic heterocycles. The summed E-state index contributed by atoms with van der Waals surface area (Å²) in [4.78, 5) is 12.2. The van der Waals surface area contributed by atoms with Gasteiger partial charge in [-0.05, 0) is 57.6 Å². The van der Waals surface area contributed by atoms with E-state index in [0.29, 0.717) is 24.5 Å². The number of carbonyl (C=O) groups excluding carboxylic acids is 1. The lowest BCUT2D eigenvalue weighted by Gasteiger charge is -2.16. The molecule has 4 aromatic carbocycles. The van der Waals surface area contributed by atoms with Crippen molar-refractivity contribution in [3.05, 3.63) is 96.1 Å². The predicted octanol–water partition coefficient (Wildman–Crippen LogP) is 5.99. The van der Waals surface area contributed by atoms with Crippen molar-refractivity contribution >= 4 is 16.9 Å². The van der Waals surface area contributed by atoms with Crippen LogP contribution >= 0.6 is 0 Å². The molecule has 0 atom stereocenters. The number of rotatable bonds is 8. The van der Waals surface area contributed by atoms with Crippen LogP contribution in [0.2, 0.25) is 0 Å². The molecular weight excluding hydrogens is 414 g/mol. The van der Waals surface area contributed by atoms with Gasteiger partial charge < -0.3 is 19.5 Å². The van der Waals surface area contributed by atoms with Crippen LogP contribution in [0.5, 0.6) is 11.5 Å². The van der Waals surface area contributed by atoms with Crippen LogP contribution in [0.25, 0.3) is 21.9 Å². The van der Waals surface area contributed by atoms with Crippen molar-refractivity contribution in [1.82, 2.24) is 5.32 Å². The van der Waals surface area contributed by atoms with Gasteiger partial charge in [0.2, 0.25) is 0 Å². The van der Waals surface area contributed by atoms with E-state index >= 15 is 0 Å². The first-order valence-electron chi connectivity index (χ1n) is 10.9. The molecule has 168 valence electrons. The van der Waals surface area contributed by atoms with Crippen LogP contribution in [-0.4, -0.2) is 26.9 Å². The third kappa shape index (κ3) is 5.44. The molecule has 5 nitrogen and oxygen atoms in total. The standard InChI is InChI=1S/C28H27NO4/c1-31-26-17-24(14-15-29-28(30)33-19-20-8-4-3-5-9-20)25(18-27(26)32-2)23-13-12-21-10-6-7-11-22(21)16-23/h3-13,16-18H,14-15,19H2,1-2H3,(H,29,30). The Morgan fingerprint density at radius 2 is 1.48 bits per heavy atom. The Balaban J connectivity index is 1.51. The number of amides is 1. The van der Waals surface area contributed by atoms with Gasteiger partial charge in [0, 0.05) is 6.54 Å². The first kappa shape index (κ1) is 22.2. The average molecular weight is 442 g/mol. The lowest BCUT2D eigenvalue weighted by molar-refractivity contribution is 0.140. The number of alkyl carbamates (subject to hydrolysis) is 1. The molecule has 0 bridgehead atoms. The number of methoxy groups -OCH3 is 2. The van der Waals surface area contributed by atoms with Gasteiger partial charge in [-0.3, -0.25) is 0 Å². The fourth-order valence-electron chi connectivity index (χ4n) is 3.83. The summed E-state index contributed by atoms with van der Waals surface area (Å²) in [5, 5.41) is 5.19. The summed E-state index contributed by atoms with van der Waals surface area (Å²) in [5.41, 5.74) is 4.12. The quantitative estimate of drug-likeness (QED) is 0.365. The van der Waals surface area contributed by atoms with Crippen LogP contribution in [-0.2, 0) is 17.8 Å². The Morgan fingerprint density at radius 3 is 2.24 bits per heavy atom. The molecule has 33 heavy (non-hydrogen) atoms. The highest BCUT2D eigenvalue weighted by Crippen LogP contribution is 2.37. The molecule has 4 rings (SSSR count). The fourth-order valence-corrected chi connectivity index (χ4v) is 3.83. The summed E-state index contributed by atoms with van der Waals surface area (Å²) < 4.78 is 16.4. The maximum Gasteiger partial charge on any atom is 0.407 e. The maximum atomic E-state index is 12.2. The Bertz CT molecular complexity index is 1240. The SMILES string of the molecule is COc1cc(CCNC(=O)OCc2ccccc2)c(-c2ccc3ccccc3c2)cc1OC. The van der Waals surface area contributed by atoms with Crippen molar-refractivity contribution in [3.63, 3.8) is 0 Å². The topological polar surface area (TPSA) is 56.8 Å². The minimum atomic E-state index is -0.438. The molecule has 4 aromatic rings. The van der Waals surface area contributed by atoms with E-state index < -0.39 is 6.09 Å². The van der Waals surface area contributed by atoms with Crippen molar-refractivity contribution in [2.45, 2.75) is 13.0 Å². The highest BCUT2D eigenvalue weighted by molar-refractivity contribution is 5.88. The molecule has 0 saturated carbocycles. The number of hydrogen-bond donors (Lipinski definition) is 1. The molecular formula is C28H27NO4. The van der Waals surface area contributed by atoms with Crippen LogP contribution in [0.4, 0.5) is 4.79 Å². The predicted molar refractivity (Wildman–Crippen MR) is 131 cm³/mol. The van der Waals surface area contributed by atoms with E-state index in [9.17, 15) is 4.79 Å². The molecule has 0 spiro atoms. The minimum absolute atomic E-state index is 0.241. The van der Waals surface area contributed by atoms with E-state index in [1.165, 1.54) is 10.8 Å². The molecule has 5 heteroatoms. The van der Waals surface area contributed by atoms with Gasteiger partial charge >= 0.3 is 6.09 Å². The Kier molecular flexibility index (Phi) is 7.10. The third-order valence-electron chi connectivity index (χ3n) is 5.55. The second kappa shape index (κ2) is 10.6. The Labute approximate surface area is 193 Å². The van der Waals surface area contributed by atoms with Gasteiger partial charge in [0.25, 0.3) is 0 Å². The smallest absolute Gasteiger partial charge is 0.407 e. The van der Waals surface area contributed by atoms with E-state index in [1.54, 1.807) is 14.2 Å². The summed E-state index contributed by atoms with van der Waals surface area (Å²) in [6, 6.07) is 28.2. The van der Waals surface area contributed by atoms with E-state index in [0.717, 1.165) is 22.3 Å². The minimum Gasteiger partial charge on any atom is -0.493 e. The number of nitrogens with one attached hydrogen (secondary N) is 1. The van der Waals surface area contributed by atoms with E-state index in [2.05, 4.69) is 35.6 Å². The largest absolute Gasteiger partial charge is 0.493 e. The summed E-state index contributed by atoms with van der Waals surface area (Å²) in [6.45, 7) is 0.676. The van der Waals surface area contributed by atoms with E-state index in [1.807, 2.05) is 54.6 Å². The van der Waals surface area contributed by atoms with Gasteiger partial charge in [-0.25, -0.2) is 4.79 Å². The maximum absolute atomic E-state index is 12.2. The molecule has 0 fully saturated rings. The van der Waals surface area contributed by atoms with Crippen LogP contribution in [0.15, 0.2) is 84.9 Å². The van der Waals surface area contributed by atoms with Gasteiger partial charge in [-0.2, -0.15) is 0 Å². The molecule has 1 N–H and O–H groups in total. The van der Waals surface area contributed by atoms with Gasteiger partial charge in [-0.1, -0.05) is 66.7 Å². The highest BCUT2D eigenvalue weighted by Gasteiger charge is 2.14. The number of ether oxygens (including phenoxy) is 3. The van der Waals surface area contributed by atoms with Crippen LogP contribution in [0.1, 0.15) is 11.1 Å². The summed E-state index contributed by atoms with van der Waals surface area (Å²) in [5.74, 6) is 1.32. The van der Waals surface area contributed by atoms with E-state index in [-0.39, 0.29) is 6.61 Å². The van der Waals surface area contributed by atoms with Crippen LogP contribution in [0, 0.1) is 0 Å². The Hall–Kier alpha value is -3.99. The molecule has 0 aromatic heterocycles. The zero-order valence-corrected chi connectivity index (χ0v) is 18.8. The highest BCUT2D eigenvalue weighted by atomic mass is 16.5. The fraction of sp³-hybridized carbons (Fsp3) is 0.179. The number of benzene rings is 4. The molecule has 0 aliphatic carbocycles. The molecule has 1 amide bonds. The number of carbonyl (C=O) groups is 1. The second-order valence-electron chi connectivity index (χ2n) is 7.66. The molecule has 0 saturated heterocycles. The molecule has 0 heterocycles. The monoisotopic (exact) mass is 441 g/mol. The van der Waals surface area contributed by atoms with Crippen molar-refractivity contribution in [2.24, 2.45) is 0 Å². The average Bonchev–Trinajstić information content (AvgIpc) is 2.87. The summed E-state index contributed by atoms with van der Waals surface area (Å²) >= 11 is 0. The Morgan fingerprint density at radius 1 is 0.788 bits per heavy atom. The van der Waals surface area contributed by atoms with Gasteiger partial charge in [0.15, 0.2) is 11.5 Å². The normalized spacial score (nSPS) is 10.6. The lowest BCUT2D eigenvalue weighted by Crippen LogP contribution is -2.26. The van der Waals surface area contributed by atoms with Gasteiger partial charge in [0.05, 0.1) is 14.2 Å². The zero-order chi connectivity index (χ0) is 23.0.